The minimum Gasteiger partial charge on any atom is -0.368 e. The first-order valence-electron chi connectivity index (χ1n) is 5.39. The first-order valence-corrected chi connectivity index (χ1v) is 5.39. The molecular formula is C10H19N3O2. The molecule has 1 rings (SSSR count). The summed E-state index contributed by atoms with van der Waals surface area (Å²) in [7, 11) is 0. The number of nitrogens with two attached hydrogens (primary N) is 2. The molecule has 1 saturated carbocycles. The van der Waals surface area contributed by atoms with E-state index in [4.69, 9.17) is 11.5 Å². The molecule has 0 saturated heterocycles. The van der Waals surface area contributed by atoms with Crippen molar-refractivity contribution in [3.05, 3.63) is 0 Å². The summed E-state index contributed by atoms with van der Waals surface area (Å²) in [5.74, 6) is 0.0422. The third kappa shape index (κ3) is 3.87. The van der Waals surface area contributed by atoms with E-state index < -0.39 is 5.91 Å². The Kier molecular flexibility index (Phi) is 4.55. The molecule has 15 heavy (non-hydrogen) atoms. The van der Waals surface area contributed by atoms with E-state index in [-0.39, 0.29) is 18.4 Å². The van der Waals surface area contributed by atoms with Crippen LogP contribution in [0.5, 0.6) is 0 Å². The van der Waals surface area contributed by atoms with Gasteiger partial charge in [0.2, 0.25) is 11.8 Å². The maximum atomic E-state index is 11.5. The van der Waals surface area contributed by atoms with Gasteiger partial charge in [-0.05, 0) is 38.1 Å². The Labute approximate surface area is 89.6 Å². The lowest BCUT2D eigenvalue weighted by atomic mass is 9.81. The summed E-state index contributed by atoms with van der Waals surface area (Å²) >= 11 is 0. The molecule has 0 radical (unpaired) electrons. The van der Waals surface area contributed by atoms with E-state index in [2.05, 4.69) is 5.32 Å². The van der Waals surface area contributed by atoms with Crippen molar-refractivity contribution in [2.75, 3.05) is 13.1 Å². The molecular weight excluding hydrogens is 194 g/mol. The van der Waals surface area contributed by atoms with Crippen LogP contribution in [0.25, 0.3) is 0 Å². The Balaban J connectivity index is 2.27. The van der Waals surface area contributed by atoms with Crippen molar-refractivity contribution in [2.45, 2.75) is 25.7 Å². The van der Waals surface area contributed by atoms with Gasteiger partial charge in [-0.1, -0.05) is 0 Å². The zero-order valence-electron chi connectivity index (χ0n) is 8.87. The number of rotatable bonds is 4. The van der Waals surface area contributed by atoms with Gasteiger partial charge < -0.3 is 16.8 Å². The van der Waals surface area contributed by atoms with Crippen LogP contribution in [0.2, 0.25) is 0 Å². The van der Waals surface area contributed by atoms with Gasteiger partial charge in [-0.3, -0.25) is 9.59 Å². The molecule has 1 fully saturated rings. The Morgan fingerprint density at radius 3 is 2.27 bits per heavy atom. The van der Waals surface area contributed by atoms with E-state index in [0.29, 0.717) is 12.5 Å². The van der Waals surface area contributed by atoms with Crippen molar-refractivity contribution < 1.29 is 9.59 Å². The molecule has 5 nitrogen and oxygen atoms in total. The fourth-order valence-electron chi connectivity index (χ4n) is 1.98. The molecule has 86 valence electrons. The third-order valence-corrected chi connectivity index (χ3v) is 2.99. The van der Waals surface area contributed by atoms with Crippen LogP contribution in [-0.2, 0) is 9.59 Å². The Morgan fingerprint density at radius 1 is 1.20 bits per heavy atom. The summed E-state index contributed by atoms with van der Waals surface area (Å²) in [5.41, 5.74) is 10.5. The maximum absolute atomic E-state index is 11.5. The van der Waals surface area contributed by atoms with E-state index in [9.17, 15) is 9.59 Å². The predicted octanol–water partition coefficient (Wildman–Crippen LogP) is -0.647. The lowest BCUT2D eigenvalue weighted by Crippen LogP contribution is -2.38. The fourth-order valence-corrected chi connectivity index (χ4v) is 1.98. The van der Waals surface area contributed by atoms with Gasteiger partial charge in [-0.25, -0.2) is 0 Å². The number of carbonyl (C=O) groups is 2. The van der Waals surface area contributed by atoms with Crippen molar-refractivity contribution >= 4 is 11.8 Å². The average Bonchev–Trinajstić information content (AvgIpc) is 2.26. The van der Waals surface area contributed by atoms with Crippen LogP contribution in [0.15, 0.2) is 0 Å². The summed E-state index contributed by atoms with van der Waals surface area (Å²) in [6, 6.07) is 0. The second-order valence-corrected chi connectivity index (χ2v) is 4.14. The smallest absolute Gasteiger partial charge is 0.236 e. The molecule has 0 aromatic heterocycles. The van der Waals surface area contributed by atoms with Crippen molar-refractivity contribution in [2.24, 2.45) is 23.3 Å². The van der Waals surface area contributed by atoms with Gasteiger partial charge in [0.15, 0.2) is 0 Å². The molecule has 0 unspecified atom stereocenters. The van der Waals surface area contributed by atoms with Crippen molar-refractivity contribution in [1.29, 1.82) is 0 Å². The van der Waals surface area contributed by atoms with E-state index in [1.54, 1.807) is 0 Å². The summed E-state index contributed by atoms with van der Waals surface area (Å²) < 4.78 is 0. The molecule has 0 atom stereocenters. The topological polar surface area (TPSA) is 98.2 Å². The van der Waals surface area contributed by atoms with Gasteiger partial charge in [0.25, 0.3) is 0 Å². The zero-order valence-corrected chi connectivity index (χ0v) is 8.87. The van der Waals surface area contributed by atoms with Crippen molar-refractivity contribution in [3.63, 3.8) is 0 Å². The highest BCUT2D eigenvalue weighted by atomic mass is 16.2. The molecule has 0 aliphatic heterocycles. The van der Waals surface area contributed by atoms with Crippen LogP contribution in [0.1, 0.15) is 25.7 Å². The number of carbonyl (C=O) groups excluding carboxylic acids is 2. The molecule has 1 aliphatic carbocycles. The lowest BCUT2D eigenvalue weighted by Gasteiger charge is -2.26. The van der Waals surface area contributed by atoms with Crippen LogP contribution in [0.3, 0.4) is 0 Å². The summed E-state index contributed by atoms with van der Waals surface area (Å²) in [6.45, 7) is 0.644. The standard InChI is InChI=1S/C10H19N3O2/c11-5-7-1-3-8(4-2-7)10(15)13-6-9(12)14/h7-8H,1-6,11H2,(H2,12,14)(H,13,15). The largest absolute Gasteiger partial charge is 0.368 e. The molecule has 0 bridgehead atoms. The Morgan fingerprint density at radius 2 is 1.80 bits per heavy atom. The van der Waals surface area contributed by atoms with Crippen LogP contribution in [0.4, 0.5) is 0 Å². The van der Waals surface area contributed by atoms with Crippen molar-refractivity contribution in [3.8, 4) is 0 Å². The van der Waals surface area contributed by atoms with E-state index in [0.717, 1.165) is 25.7 Å². The molecule has 1 aliphatic rings. The van der Waals surface area contributed by atoms with E-state index in [1.807, 2.05) is 0 Å². The Hall–Kier alpha value is -1.10. The quantitative estimate of drug-likeness (QED) is 0.579. The first kappa shape index (κ1) is 12.0. The molecule has 0 aromatic rings. The van der Waals surface area contributed by atoms with Gasteiger partial charge in [0, 0.05) is 5.92 Å². The van der Waals surface area contributed by atoms with Crippen LogP contribution in [0, 0.1) is 11.8 Å². The molecule has 5 heteroatoms. The number of amides is 2. The van der Waals surface area contributed by atoms with Gasteiger partial charge in [-0.15, -0.1) is 0 Å². The van der Waals surface area contributed by atoms with Crippen LogP contribution < -0.4 is 16.8 Å². The zero-order chi connectivity index (χ0) is 11.3. The summed E-state index contributed by atoms with van der Waals surface area (Å²) in [5, 5.41) is 2.54. The lowest BCUT2D eigenvalue weighted by molar-refractivity contribution is -0.128. The van der Waals surface area contributed by atoms with Crippen LogP contribution in [-0.4, -0.2) is 24.9 Å². The van der Waals surface area contributed by atoms with Gasteiger partial charge in [-0.2, -0.15) is 0 Å². The fraction of sp³-hybridized carbons (Fsp3) is 0.800. The van der Waals surface area contributed by atoms with E-state index >= 15 is 0 Å². The molecule has 0 aromatic carbocycles. The number of nitrogens with one attached hydrogen (secondary N) is 1. The van der Waals surface area contributed by atoms with Gasteiger partial charge in [0.1, 0.15) is 0 Å². The van der Waals surface area contributed by atoms with Crippen LogP contribution >= 0.6 is 0 Å². The minimum atomic E-state index is -0.501. The van der Waals surface area contributed by atoms with E-state index in [1.165, 1.54) is 0 Å². The molecule has 2 amide bonds. The summed E-state index contributed by atoms with van der Waals surface area (Å²) in [6.07, 6.45) is 3.75. The van der Waals surface area contributed by atoms with Crippen molar-refractivity contribution in [1.82, 2.24) is 5.32 Å². The normalized spacial score (nSPS) is 25.9. The molecule has 0 heterocycles. The summed E-state index contributed by atoms with van der Waals surface area (Å²) in [4.78, 5) is 22.0. The number of hydrogen-bond acceptors (Lipinski definition) is 3. The average molecular weight is 213 g/mol. The molecule has 5 N–H and O–H groups in total. The maximum Gasteiger partial charge on any atom is 0.236 e. The second kappa shape index (κ2) is 5.70. The van der Waals surface area contributed by atoms with Gasteiger partial charge >= 0.3 is 0 Å². The number of primary amides is 1. The molecule has 0 spiro atoms. The first-order chi connectivity index (χ1) is 7.13. The van der Waals surface area contributed by atoms with Gasteiger partial charge in [0.05, 0.1) is 6.54 Å². The minimum absolute atomic E-state index is 0.0344. The second-order valence-electron chi connectivity index (χ2n) is 4.14. The monoisotopic (exact) mass is 213 g/mol. The highest BCUT2D eigenvalue weighted by Crippen LogP contribution is 2.27. The Bertz CT molecular complexity index is 235. The third-order valence-electron chi connectivity index (χ3n) is 2.99. The predicted molar refractivity (Wildman–Crippen MR) is 56.7 cm³/mol. The highest BCUT2D eigenvalue weighted by molar-refractivity contribution is 5.84. The highest BCUT2D eigenvalue weighted by Gasteiger charge is 2.25. The number of hydrogen-bond donors (Lipinski definition) is 3. The SMILES string of the molecule is NCC1CCC(C(=O)NCC(N)=O)CC1.